The summed E-state index contributed by atoms with van der Waals surface area (Å²) in [6, 6.07) is 5.09. The standard InChI is InChI=1S/C15H15FN4S/c1-3-10-7-11-13(17-4-2)19-14(20-15(11)21-10)12-6-5-9(16)8-18-12/h5-8H,3-4H2,1-2H3,(H,17,19,20). The van der Waals surface area contributed by atoms with E-state index in [4.69, 9.17) is 0 Å². The Labute approximate surface area is 126 Å². The van der Waals surface area contributed by atoms with E-state index >= 15 is 0 Å². The first-order valence-electron chi connectivity index (χ1n) is 6.87. The van der Waals surface area contributed by atoms with Gasteiger partial charge in [-0.25, -0.2) is 19.3 Å². The van der Waals surface area contributed by atoms with Crippen molar-refractivity contribution in [1.29, 1.82) is 0 Å². The van der Waals surface area contributed by atoms with E-state index in [1.54, 1.807) is 17.4 Å². The molecule has 21 heavy (non-hydrogen) atoms. The molecule has 3 rings (SSSR count). The van der Waals surface area contributed by atoms with Gasteiger partial charge in [-0.15, -0.1) is 11.3 Å². The average molecular weight is 302 g/mol. The number of nitrogens with one attached hydrogen (secondary N) is 1. The van der Waals surface area contributed by atoms with Gasteiger partial charge in [0.05, 0.1) is 11.6 Å². The maximum atomic E-state index is 13.0. The zero-order valence-electron chi connectivity index (χ0n) is 11.9. The number of fused-ring (bicyclic) bond motifs is 1. The number of anilines is 1. The first kappa shape index (κ1) is 13.9. The van der Waals surface area contributed by atoms with E-state index in [2.05, 4.69) is 33.3 Å². The molecule has 6 heteroatoms. The van der Waals surface area contributed by atoms with Crippen LogP contribution in [0.1, 0.15) is 18.7 Å². The van der Waals surface area contributed by atoms with Crippen LogP contribution in [0.25, 0.3) is 21.7 Å². The predicted molar refractivity (Wildman–Crippen MR) is 84.1 cm³/mol. The van der Waals surface area contributed by atoms with Gasteiger partial charge in [0, 0.05) is 11.4 Å². The molecule has 108 valence electrons. The Morgan fingerprint density at radius 1 is 1.24 bits per heavy atom. The van der Waals surface area contributed by atoms with Crippen LogP contribution in [-0.4, -0.2) is 21.5 Å². The molecule has 3 aromatic rings. The van der Waals surface area contributed by atoms with Crippen LogP contribution in [-0.2, 0) is 6.42 Å². The van der Waals surface area contributed by atoms with Gasteiger partial charge in [0.15, 0.2) is 5.82 Å². The number of hydrogen-bond donors (Lipinski definition) is 1. The highest BCUT2D eigenvalue weighted by molar-refractivity contribution is 7.18. The summed E-state index contributed by atoms with van der Waals surface area (Å²) in [5.41, 5.74) is 0.573. The van der Waals surface area contributed by atoms with Crippen LogP contribution in [0.2, 0.25) is 0 Å². The summed E-state index contributed by atoms with van der Waals surface area (Å²) in [5.74, 6) is 0.957. The molecule has 0 atom stereocenters. The number of nitrogens with zero attached hydrogens (tertiary/aromatic N) is 3. The minimum Gasteiger partial charge on any atom is -0.370 e. The van der Waals surface area contributed by atoms with Crippen LogP contribution in [0.15, 0.2) is 24.4 Å². The van der Waals surface area contributed by atoms with Crippen molar-refractivity contribution in [3.63, 3.8) is 0 Å². The second kappa shape index (κ2) is 5.73. The zero-order valence-corrected chi connectivity index (χ0v) is 12.7. The summed E-state index contributed by atoms with van der Waals surface area (Å²) in [4.78, 5) is 15.4. The number of pyridine rings is 1. The molecule has 3 aromatic heterocycles. The van der Waals surface area contributed by atoms with E-state index < -0.39 is 0 Å². The van der Waals surface area contributed by atoms with Crippen molar-refractivity contribution in [2.75, 3.05) is 11.9 Å². The van der Waals surface area contributed by atoms with Gasteiger partial charge in [-0.2, -0.15) is 0 Å². The summed E-state index contributed by atoms with van der Waals surface area (Å²) in [7, 11) is 0. The van der Waals surface area contributed by atoms with Crippen LogP contribution >= 0.6 is 11.3 Å². The van der Waals surface area contributed by atoms with Crippen molar-refractivity contribution in [2.24, 2.45) is 0 Å². The number of aromatic nitrogens is 3. The van der Waals surface area contributed by atoms with Gasteiger partial charge < -0.3 is 5.32 Å². The lowest BCUT2D eigenvalue weighted by Gasteiger charge is -2.06. The molecule has 0 saturated heterocycles. The summed E-state index contributed by atoms with van der Waals surface area (Å²) >= 11 is 1.66. The van der Waals surface area contributed by atoms with Crippen molar-refractivity contribution in [2.45, 2.75) is 20.3 Å². The van der Waals surface area contributed by atoms with E-state index in [0.717, 1.165) is 29.0 Å². The number of thiophene rings is 1. The normalized spacial score (nSPS) is 11.0. The Bertz CT molecular complexity index is 767. The fourth-order valence-corrected chi connectivity index (χ4v) is 3.04. The topological polar surface area (TPSA) is 50.7 Å². The van der Waals surface area contributed by atoms with Gasteiger partial charge in [0.1, 0.15) is 22.2 Å². The van der Waals surface area contributed by atoms with Crippen molar-refractivity contribution in [1.82, 2.24) is 15.0 Å². The lowest BCUT2D eigenvalue weighted by molar-refractivity contribution is 0.621. The molecule has 0 aliphatic carbocycles. The Morgan fingerprint density at radius 2 is 2.10 bits per heavy atom. The van der Waals surface area contributed by atoms with Crippen molar-refractivity contribution >= 4 is 27.4 Å². The van der Waals surface area contributed by atoms with Crippen LogP contribution < -0.4 is 5.32 Å². The minimum atomic E-state index is -0.365. The third-order valence-corrected chi connectivity index (χ3v) is 4.27. The molecule has 0 bridgehead atoms. The number of aryl methyl sites for hydroxylation is 1. The zero-order chi connectivity index (χ0) is 14.8. The van der Waals surface area contributed by atoms with E-state index in [1.165, 1.54) is 17.1 Å². The Hall–Kier alpha value is -2.08. The maximum absolute atomic E-state index is 13.0. The monoisotopic (exact) mass is 302 g/mol. The fraction of sp³-hybridized carbons (Fsp3) is 0.267. The quantitative estimate of drug-likeness (QED) is 0.794. The third kappa shape index (κ3) is 2.71. The second-order valence-corrected chi connectivity index (χ2v) is 5.69. The van der Waals surface area contributed by atoms with E-state index in [0.29, 0.717) is 11.5 Å². The molecule has 0 fully saturated rings. The smallest absolute Gasteiger partial charge is 0.181 e. The summed E-state index contributed by atoms with van der Waals surface area (Å²) in [6.45, 7) is 4.92. The van der Waals surface area contributed by atoms with E-state index in [1.807, 2.05) is 6.92 Å². The van der Waals surface area contributed by atoms with E-state index in [9.17, 15) is 4.39 Å². The van der Waals surface area contributed by atoms with Gasteiger partial charge >= 0.3 is 0 Å². The fourth-order valence-electron chi connectivity index (χ4n) is 2.07. The number of hydrogen-bond acceptors (Lipinski definition) is 5. The van der Waals surface area contributed by atoms with Gasteiger partial charge in [-0.3, -0.25) is 0 Å². The first-order valence-corrected chi connectivity index (χ1v) is 7.69. The summed E-state index contributed by atoms with van der Waals surface area (Å²) in [6.07, 6.45) is 2.15. The molecular weight excluding hydrogens is 287 g/mol. The van der Waals surface area contributed by atoms with Crippen molar-refractivity contribution in [3.8, 4) is 11.5 Å². The molecule has 0 aliphatic heterocycles. The van der Waals surface area contributed by atoms with Crippen LogP contribution in [0.3, 0.4) is 0 Å². The molecule has 0 spiro atoms. The molecule has 0 aliphatic rings. The highest BCUT2D eigenvalue weighted by atomic mass is 32.1. The third-order valence-electron chi connectivity index (χ3n) is 3.09. The van der Waals surface area contributed by atoms with Crippen molar-refractivity contribution in [3.05, 3.63) is 35.1 Å². The van der Waals surface area contributed by atoms with Crippen molar-refractivity contribution < 1.29 is 4.39 Å². The SMILES string of the molecule is CCNc1nc(-c2ccc(F)cn2)nc2sc(CC)cc12. The highest BCUT2D eigenvalue weighted by Crippen LogP contribution is 2.31. The van der Waals surface area contributed by atoms with Crippen LogP contribution in [0.5, 0.6) is 0 Å². The maximum Gasteiger partial charge on any atom is 0.181 e. The molecule has 4 nitrogen and oxygen atoms in total. The summed E-state index contributed by atoms with van der Waals surface area (Å²) < 4.78 is 13.0. The number of halogens is 1. The minimum absolute atomic E-state index is 0.365. The number of rotatable bonds is 4. The largest absolute Gasteiger partial charge is 0.370 e. The molecule has 0 amide bonds. The van der Waals surface area contributed by atoms with Gasteiger partial charge in [-0.1, -0.05) is 6.92 Å². The summed E-state index contributed by atoms with van der Waals surface area (Å²) in [5, 5.41) is 4.30. The lowest BCUT2D eigenvalue weighted by Crippen LogP contribution is -2.02. The Kier molecular flexibility index (Phi) is 3.79. The molecule has 0 radical (unpaired) electrons. The Morgan fingerprint density at radius 3 is 2.76 bits per heavy atom. The molecule has 0 unspecified atom stereocenters. The van der Waals surface area contributed by atoms with Gasteiger partial charge in [-0.05, 0) is 31.5 Å². The van der Waals surface area contributed by atoms with Gasteiger partial charge in [0.2, 0.25) is 0 Å². The molecule has 1 N–H and O–H groups in total. The molecular formula is C15H15FN4S. The first-order chi connectivity index (χ1) is 10.2. The van der Waals surface area contributed by atoms with Gasteiger partial charge in [0.25, 0.3) is 0 Å². The molecule has 0 aromatic carbocycles. The average Bonchev–Trinajstić information content (AvgIpc) is 2.91. The second-order valence-electron chi connectivity index (χ2n) is 4.57. The highest BCUT2D eigenvalue weighted by Gasteiger charge is 2.13. The molecule has 3 heterocycles. The van der Waals surface area contributed by atoms with Crippen LogP contribution in [0.4, 0.5) is 10.2 Å². The predicted octanol–water partition coefficient (Wildman–Crippen LogP) is 3.89. The molecule has 0 saturated carbocycles. The Balaban J connectivity index is 2.16. The van der Waals surface area contributed by atoms with E-state index in [-0.39, 0.29) is 5.82 Å². The lowest BCUT2D eigenvalue weighted by atomic mass is 10.3. The van der Waals surface area contributed by atoms with Crippen LogP contribution in [0, 0.1) is 5.82 Å².